The van der Waals surface area contributed by atoms with Crippen LogP contribution >= 0.6 is 0 Å². The number of rotatable bonds is 7. The van der Waals surface area contributed by atoms with E-state index in [1.54, 1.807) is 0 Å². The standard InChI is InChI=1S/C22H32N4O2/c1-18-23-24-21(28-18)20-16-22(9-13-25(14-10-22)11-5-15-27)17-26(20)12-8-19-6-3-2-4-7-19/h2-4,6-7,20,27H,5,8-17H2,1H3. The third-order valence-electron chi connectivity index (χ3n) is 6.51. The van der Waals surface area contributed by atoms with Crippen LogP contribution in [0.25, 0.3) is 0 Å². The summed E-state index contributed by atoms with van der Waals surface area (Å²) in [5, 5.41) is 17.6. The maximum Gasteiger partial charge on any atom is 0.233 e. The Balaban J connectivity index is 1.44. The van der Waals surface area contributed by atoms with Crippen molar-refractivity contribution >= 4 is 0 Å². The molecule has 0 saturated carbocycles. The van der Waals surface area contributed by atoms with Gasteiger partial charge in [-0.2, -0.15) is 0 Å². The molecule has 3 heterocycles. The number of piperidine rings is 1. The highest BCUT2D eigenvalue weighted by Gasteiger charge is 2.47. The Morgan fingerprint density at radius 1 is 1.14 bits per heavy atom. The van der Waals surface area contributed by atoms with Crippen molar-refractivity contribution in [3.8, 4) is 0 Å². The number of aryl methyl sites for hydroxylation is 1. The van der Waals surface area contributed by atoms with E-state index in [-0.39, 0.29) is 12.6 Å². The van der Waals surface area contributed by atoms with Crippen molar-refractivity contribution < 1.29 is 9.52 Å². The zero-order valence-electron chi connectivity index (χ0n) is 16.9. The molecule has 1 aromatic heterocycles. The molecule has 0 amide bonds. The Labute approximate surface area is 167 Å². The monoisotopic (exact) mass is 384 g/mol. The first-order valence-corrected chi connectivity index (χ1v) is 10.6. The fourth-order valence-electron chi connectivity index (χ4n) is 4.89. The van der Waals surface area contributed by atoms with Crippen molar-refractivity contribution in [2.45, 2.75) is 45.1 Å². The maximum absolute atomic E-state index is 9.10. The molecule has 1 N–H and O–H groups in total. The molecule has 2 aromatic rings. The Morgan fingerprint density at radius 3 is 2.61 bits per heavy atom. The number of aliphatic hydroxyl groups is 1. The van der Waals surface area contributed by atoms with Crippen LogP contribution < -0.4 is 0 Å². The molecule has 0 aliphatic carbocycles. The lowest BCUT2D eigenvalue weighted by atomic mass is 9.76. The van der Waals surface area contributed by atoms with Gasteiger partial charge in [0.15, 0.2) is 0 Å². The highest BCUT2D eigenvalue weighted by atomic mass is 16.4. The summed E-state index contributed by atoms with van der Waals surface area (Å²) in [4.78, 5) is 5.07. The van der Waals surface area contributed by atoms with E-state index < -0.39 is 0 Å². The number of hydrogen-bond acceptors (Lipinski definition) is 6. The largest absolute Gasteiger partial charge is 0.424 e. The molecule has 2 saturated heterocycles. The van der Waals surface area contributed by atoms with Gasteiger partial charge in [0.25, 0.3) is 0 Å². The van der Waals surface area contributed by atoms with Gasteiger partial charge in [-0.05, 0) is 56.2 Å². The van der Waals surface area contributed by atoms with E-state index in [0.717, 1.165) is 57.9 Å². The van der Waals surface area contributed by atoms with Gasteiger partial charge in [-0.15, -0.1) is 10.2 Å². The minimum absolute atomic E-state index is 0.230. The second-order valence-electron chi connectivity index (χ2n) is 8.50. The SMILES string of the molecule is Cc1nnc(C2CC3(CCN(CCCO)CC3)CN2CCc2ccccc2)o1. The summed E-state index contributed by atoms with van der Waals surface area (Å²) in [6, 6.07) is 10.9. The van der Waals surface area contributed by atoms with Crippen LogP contribution in [0.1, 0.15) is 49.1 Å². The molecule has 0 bridgehead atoms. The highest BCUT2D eigenvalue weighted by molar-refractivity contribution is 5.15. The second kappa shape index (κ2) is 8.72. The van der Waals surface area contributed by atoms with Gasteiger partial charge in [-0.25, -0.2) is 0 Å². The average Bonchev–Trinajstić information content (AvgIpc) is 3.31. The predicted octanol–water partition coefficient (Wildman–Crippen LogP) is 2.83. The first-order valence-electron chi connectivity index (χ1n) is 10.6. The first-order chi connectivity index (χ1) is 13.7. The number of likely N-dealkylation sites (tertiary alicyclic amines) is 2. The van der Waals surface area contributed by atoms with Gasteiger partial charge in [-0.1, -0.05) is 30.3 Å². The van der Waals surface area contributed by atoms with Gasteiger partial charge in [-0.3, -0.25) is 4.90 Å². The predicted molar refractivity (Wildman–Crippen MR) is 108 cm³/mol. The lowest BCUT2D eigenvalue weighted by Gasteiger charge is -2.39. The van der Waals surface area contributed by atoms with Crippen LogP contribution in [0.3, 0.4) is 0 Å². The number of aromatic nitrogens is 2. The molecule has 6 heteroatoms. The second-order valence-corrected chi connectivity index (χ2v) is 8.50. The molecule has 6 nitrogen and oxygen atoms in total. The molecular formula is C22H32N4O2. The fraction of sp³-hybridized carbons (Fsp3) is 0.636. The summed E-state index contributed by atoms with van der Waals surface area (Å²) < 4.78 is 5.86. The maximum atomic E-state index is 9.10. The molecule has 0 radical (unpaired) electrons. The van der Waals surface area contributed by atoms with Gasteiger partial charge in [0.05, 0.1) is 6.04 Å². The molecule has 2 aliphatic heterocycles. The Kier molecular flexibility index (Phi) is 6.09. The summed E-state index contributed by atoms with van der Waals surface area (Å²) in [6.45, 7) is 7.55. The van der Waals surface area contributed by atoms with E-state index in [4.69, 9.17) is 9.52 Å². The van der Waals surface area contributed by atoms with E-state index in [9.17, 15) is 0 Å². The molecule has 152 valence electrons. The van der Waals surface area contributed by atoms with Gasteiger partial charge < -0.3 is 14.4 Å². The van der Waals surface area contributed by atoms with Crippen LogP contribution in [0.2, 0.25) is 0 Å². The Bertz CT molecular complexity index is 740. The number of benzene rings is 1. The molecule has 1 atom stereocenters. The van der Waals surface area contributed by atoms with E-state index in [2.05, 4.69) is 50.3 Å². The van der Waals surface area contributed by atoms with Crippen molar-refractivity contribution in [3.05, 3.63) is 47.7 Å². The topological polar surface area (TPSA) is 65.6 Å². The Hall–Kier alpha value is -1.76. The molecule has 4 rings (SSSR count). The van der Waals surface area contributed by atoms with E-state index in [0.29, 0.717) is 11.3 Å². The highest BCUT2D eigenvalue weighted by Crippen LogP contribution is 2.48. The van der Waals surface area contributed by atoms with Crippen molar-refractivity contribution in [2.24, 2.45) is 5.41 Å². The zero-order valence-corrected chi connectivity index (χ0v) is 16.9. The van der Waals surface area contributed by atoms with Crippen molar-refractivity contribution in [1.29, 1.82) is 0 Å². The van der Waals surface area contributed by atoms with Crippen molar-refractivity contribution in [2.75, 3.05) is 39.3 Å². The normalized spacial score (nSPS) is 22.9. The van der Waals surface area contributed by atoms with Crippen LogP contribution in [0.5, 0.6) is 0 Å². The summed E-state index contributed by atoms with van der Waals surface area (Å²) in [6.07, 6.45) is 5.45. The van der Waals surface area contributed by atoms with Crippen LogP contribution in [0, 0.1) is 12.3 Å². The third kappa shape index (κ3) is 4.45. The lowest BCUT2D eigenvalue weighted by molar-refractivity contribution is 0.102. The van der Waals surface area contributed by atoms with Gasteiger partial charge in [0.1, 0.15) is 0 Å². The third-order valence-corrected chi connectivity index (χ3v) is 6.51. The number of hydrogen-bond donors (Lipinski definition) is 1. The molecule has 2 aliphatic rings. The van der Waals surface area contributed by atoms with Crippen LogP contribution in [0.15, 0.2) is 34.7 Å². The quantitative estimate of drug-likeness (QED) is 0.792. The minimum Gasteiger partial charge on any atom is -0.424 e. The number of nitrogens with zero attached hydrogens (tertiary/aromatic N) is 4. The molecule has 2 fully saturated rings. The van der Waals surface area contributed by atoms with E-state index in [1.165, 1.54) is 18.4 Å². The first kappa shape index (κ1) is 19.6. The van der Waals surface area contributed by atoms with Crippen LogP contribution in [-0.2, 0) is 6.42 Å². The smallest absolute Gasteiger partial charge is 0.233 e. The lowest BCUT2D eigenvalue weighted by Crippen LogP contribution is -2.42. The van der Waals surface area contributed by atoms with E-state index >= 15 is 0 Å². The van der Waals surface area contributed by atoms with Gasteiger partial charge >= 0.3 is 0 Å². The Morgan fingerprint density at radius 2 is 1.93 bits per heavy atom. The summed E-state index contributed by atoms with van der Waals surface area (Å²) >= 11 is 0. The molecule has 1 aromatic carbocycles. The van der Waals surface area contributed by atoms with Crippen molar-refractivity contribution in [3.63, 3.8) is 0 Å². The van der Waals surface area contributed by atoms with Gasteiger partial charge in [0.2, 0.25) is 11.8 Å². The van der Waals surface area contributed by atoms with Crippen LogP contribution in [0.4, 0.5) is 0 Å². The number of aliphatic hydroxyl groups excluding tert-OH is 1. The average molecular weight is 385 g/mol. The molecular weight excluding hydrogens is 352 g/mol. The summed E-state index contributed by atoms with van der Waals surface area (Å²) in [7, 11) is 0. The molecule has 28 heavy (non-hydrogen) atoms. The van der Waals surface area contributed by atoms with Crippen molar-refractivity contribution in [1.82, 2.24) is 20.0 Å². The van der Waals surface area contributed by atoms with E-state index in [1.807, 2.05) is 6.92 Å². The molecule has 1 spiro atoms. The summed E-state index contributed by atoms with van der Waals surface area (Å²) in [5.41, 5.74) is 1.72. The minimum atomic E-state index is 0.230. The molecule has 1 unspecified atom stereocenters. The fourth-order valence-corrected chi connectivity index (χ4v) is 4.89. The van der Waals surface area contributed by atoms with Gasteiger partial charge in [0, 0.05) is 33.2 Å². The van der Waals surface area contributed by atoms with Crippen LogP contribution in [-0.4, -0.2) is 64.4 Å². The summed E-state index contributed by atoms with van der Waals surface area (Å²) in [5.74, 6) is 1.43. The zero-order chi connectivity index (χ0) is 19.4.